The molecule has 3 rings (SSSR count). The molecule has 2 amide bonds. The predicted molar refractivity (Wildman–Crippen MR) is 114 cm³/mol. The molecule has 2 heterocycles. The van der Waals surface area contributed by atoms with Gasteiger partial charge in [-0.3, -0.25) is 9.59 Å². The van der Waals surface area contributed by atoms with E-state index in [4.69, 9.17) is 14.2 Å². The first kappa shape index (κ1) is 23.1. The average molecular weight is 456 g/mol. The molecule has 10 nitrogen and oxygen atoms in total. The van der Waals surface area contributed by atoms with E-state index in [2.05, 4.69) is 5.32 Å². The number of carbonyl (C=O) groups is 2. The van der Waals surface area contributed by atoms with E-state index in [1.807, 2.05) is 0 Å². The van der Waals surface area contributed by atoms with Crippen molar-refractivity contribution in [2.24, 2.45) is 5.92 Å². The summed E-state index contributed by atoms with van der Waals surface area (Å²) in [6.45, 7) is 0.926. The van der Waals surface area contributed by atoms with E-state index >= 15 is 0 Å². The van der Waals surface area contributed by atoms with E-state index in [0.717, 1.165) is 0 Å². The van der Waals surface area contributed by atoms with Crippen LogP contribution >= 0.6 is 0 Å². The van der Waals surface area contributed by atoms with E-state index in [0.29, 0.717) is 42.3 Å². The molecule has 2 aliphatic rings. The van der Waals surface area contributed by atoms with Crippen molar-refractivity contribution in [2.45, 2.75) is 25.3 Å². The fourth-order valence-corrected chi connectivity index (χ4v) is 4.95. The van der Waals surface area contributed by atoms with E-state index < -0.39 is 15.9 Å². The van der Waals surface area contributed by atoms with Gasteiger partial charge in [-0.2, -0.15) is 0 Å². The summed E-state index contributed by atoms with van der Waals surface area (Å²) in [4.78, 5) is 27.0. The summed E-state index contributed by atoms with van der Waals surface area (Å²) in [7, 11) is 1.18. The molecule has 2 atom stereocenters. The summed E-state index contributed by atoms with van der Waals surface area (Å²) in [6, 6.07) is 3.08. The number of nitrogens with one attached hydrogen (secondary N) is 1. The van der Waals surface area contributed by atoms with Crippen molar-refractivity contribution in [2.75, 3.05) is 52.1 Å². The van der Waals surface area contributed by atoms with Crippen molar-refractivity contribution >= 4 is 27.5 Å². The maximum Gasteiger partial charge on any atom is 0.227 e. The monoisotopic (exact) mass is 455 g/mol. The molecule has 2 unspecified atom stereocenters. The fourth-order valence-electron chi connectivity index (χ4n) is 4.04. The zero-order valence-electron chi connectivity index (χ0n) is 18.2. The van der Waals surface area contributed by atoms with E-state index in [9.17, 15) is 18.0 Å². The Hall–Kier alpha value is -2.53. The van der Waals surface area contributed by atoms with Crippen LogP contribution in [-0.4, -0.2) is 77.8 Å². The number of ether oxygens (including phenoxy) is 3. The van der Waals surface area contributed by atoms with E-state index in [-0.39, 0.29) is 37.4 Å². The van der Waals surface area contributed by atoms with Crippen LogP contribution < -0.4 is 24.4 Å². The number of nitrogens with zero attached hydrogens (tertiary/aromatic N) is 2. The molecule has 1 aromatic rings. The summed E-state index contributed by atoms with van der Waals surface area (Å²) >= 11 is 0. The Balaban J connectivity index is 1.71. The van der Waals surface area contributed by atoms with Crippen molar-refractivity contribution in [1.29, 1.82) is 0 Å². The topological polar surface area (TPSA) is 114 Å². The lowest BCUT2D eigenvalue weighted by molar-refractivity contribution is -0.127. The van der Waals surface area contributed by atoms with Gasteiger partial charge in [-0.05, 0) is 12.8 Å². The standard InChI is InChI=1S/C20H29N3O7S/c1-28-16-9-15(10-17(29-2)19(16)30-3)23-11-13(8-18(23)24)20(25)21-14-6-5-7-22(12-14)31(4,26)27/h9-10,13-14H,5-8,11-12H2,1-4H3,(H,21,25). The minimum atomic E-state index is -3.30. The molecule has 0 aromatic heterocycles. The number of piperidine rings is 1. The maximum absolute atomic E-state index is 12.8. The molecule has 2 saturated heterocycles. The molecule has 1 N–H and O–H groups in total. The summed E-state index contributed by atoms with van der Waals surface area (Å²) in [5, 5.41) is 2.93. The number of sulfonamides is 1. The maximum atomic E-state index is 12.8. The third-order valence-corrected chi connectivity index (χ3v) is 6.93. The van der Waals surface area contributed by atoms with Crippen LogP contribution in [0.3, 0.4) is 0 Å². The van der Waals surface area contributed by atoms with Crippen LogP contribution in [0.25, 0.3) is 0 Å². The van der Waals surface area contributed by atoms with Crippen LogP contribution in [0.15, 0.2) is 12.1 Å². The summed E-state index contributed by atoms with van der Waals surface area (Å²) in [6.07, 6.45) is 2.63. The molecule has 0 aliphatic carbocycles. The number of anilines is 1. The van der Waals surface area contributed by atoms with E-state index in [1.165, 1.54) is 36.8 Å². The highest BCUT2D eigenvalue weighted by atomic mass is 32.2. The van der Waals surface area contributed by atoms with E-state index in [1.54, 1.807) is 12.1 Å². The Morgan fingerprint density at radius 3 is 2.29 bits per heavy atom. The third-order valence-electron chi connectivity index (χ3n) is 5.66. The minimum Gasteiger partial charge on any atom is -0.493 e. The Morgan fingerprint density at radius 2 is 1.74 bits per heavy atom. The number of carbonyl (C=O) groups excluding carboxylic acids is 2. The first-order chi connectivity index (χ1) is 14.7. The van der Waals surface area contributed by atoms with Crippen LogP contribution in [0.1, 0.15) is 19.3 Å². The molecule has 2 aliphatic heterocycles. The quantitative estimate of drug-likeness (QED) is 0.640. The molecule has 0 spiro atoms. The molecule has 0 saturated carbocycles. The number of hydrogen-bond donors (Lipinski definition) is 1. The average Bonchev–Trinajstić information content (AvgIpc) is 3.14. The van der Waals surface area contributed by atoms with Crippen molar-refractivity contribution < 1.29 is 32.2 Å². The Bertz CT molecular complexity index is 925. The first-order valence-corrected chi connectivity index (χ1v) is 11.9. The molecule has 11 heteroatoms. The number of benzene rings is 1. The zero-order chi connectivity index (χ0) is 22.8. The summed E-state index contributed by atoms with van der Waals surface area (Å²) in [5.41, 5.74) is 0.552. The molecule has 31 heavy (non-hydrogen) atoms. The van der Waals surface area contributed by atoms with Crippen LogP contribution in [0.4, 0.5) is 5.69 Å². The van der Waals surface area contributed by atoms with Crippen LogP contribution in [-0.2, 0) is 19.6 Å². The summed E-state index contributed by atoms with van der Waals surface area (Å²) < 4.78 is 41.0. The third kappa shape index (κ3) is 5.04. The largest absolute Gasteiger partial charge is 0.493 e. The van der Waals surface area contributed by atoms with Gasteiger partial charge in [-0.15, -0.1) is 0 Å². The van der Waals surface area contributed by atoms with Crippen LogP contribution in [0.2, 0.25) is 0 Å². The normalized spacial score (nSPS) is 22.3. The predicted octanol–water partition coefficient (Wildman–Crippen LogP) is 0.606. The highest BCUT2D eigenvalue weighted by Crippen LogP contribution is 2.42. The van der Waals surface area contributed by atoms with Gasteiger partial charge in [0.15, 0.2) is 11.5 Å². The van der Waals surface area contributed by atoms with Gasteiger partial charge in [0, 0.05) is 44.2 Å². The number of rotatable bonds is 7. The molecule has 2 fully saturated rings. The Morgan fingerprint density at radius 1 is 1.10 bits per heavy atom. The SMILES string of the molecule is COc1cc(N2CC(C(=O)NC3CCCN(S(C)(=O)=O)C3)CC2=O)cc(OC)c1OC. The van der Waals surface area contributed by atoms with Gasteiger partial charge >= 0.3 is 0 Å². The lowest BCUT2D eigenvalue weighted by Gasteiger charge is -2.31. The Kier molecular flexibility index (Phi) is 6.95. The van der Waals surface area contributed by atoms with Crippen LogP contribution in [0, 0.1) is 5.92 Å². The fraction of sp³-hybridized carbons (Fsp3) is 0.600. The minimum absolute atomic E-state index is 0.0744. The number of methoxy groups -OCH3 is 3. The van der Waals surface area contributed by atoms with Gasteiger partial charge < -0.3 is 24.4 Å². The second-order valence-corrected chi connectivity index (χ2v) is 9.74. The second-order valence-electron chi connectivity index (χ2n) is 7.76. The molecule has 0 bridgehead atoms. The Labute approximate surface area is 182 Å². The van der Waals surface area contributed by atoms with Gasteiger partial charge in [0.2, 0.25) is 27.6 Å². The van der Waals surface area contributed by atoms with Crippen molar-refractivity contribution in [3.63, 3.8) is 0 Å². The van der Waals surface area contributed by atoms with Gasteiger partial charge in [0.25, 0.3) is 0 Å². The molecule has 0 radical (unpaired) electrons. The van der Waals surface area contributed by atoms with Crippen molar-refractivity contribution in [3.8, 4) is 17.2 Å². The highest BCUT2D eigenvalue weighted by Gasteiger charge is 2.37. The smallest absolute Gasteiger partial charge is 0.227 e. The molecular weight excluding hydrogens is 426 g/mol. The van der Waals surface area contributed by atoms with Gasteiger partial charge in [-0.1, -0.05) is 0 Å². The lowest BCUT2D eigenvalue weighted by atomic mass is 10.0. The first-order valence-electron chi connectivity index (χ1n) is 10.0. The zero-order valence-corrected chi connectivity index (χ0v) is 19.0. The summed E-state index contributed by atoms with van der Waals surface area (Å²) in [5.74, 6) is 0.295. The van der Waals surface area contributed by atoms with Gasteiger partial charge in [0.1, 0.15) is 0 Å². The van der Waals surface area contributed by atoms with Crippen molar-refractivity contribution in [3.05, 3.63) is 12.1 Å². The van der Waals surface area contributed by atoms with Gasteiger partial charge in [0.05, 0.1) is 39.2 Å². The number of amides is 2. The highest BCUT2D eigenvalue weighted by molar-refractivity contribution is 7.88. The van der Waals surface area contributed by atoms with Crippen LogP contribution in [0.5, 0.6) is 17.2 Å². The molecular formula is C20H29N3O7S. The number of hydrogen-bond acceptors (Lipinski definition) is 7. The molecule has 172 valence electrons. The molecule has 1 aromatic carbocycles. The lowest BCUT2D eigenvalue weighted by Crippen LogP contribution is -2.50. The second kappa shape index (κ2) is 9.31. The van der Waals surface area contributed by atoms with Crippen molar-refractivity contribution in [1.82, 2.24) is 9.62 Å². The van der Waals surface area contributed by atoms with Gasteiger partial charge in [-0.25, -0.2) is 12.7 Å².